The van der Waals surface area contributed by atoms with Crippen LogP contribution in [-0.2, 0) is 13.5 Å². The van der Waals surface area contributed by atoms with Crippen molar-refractivity contribution in [2.75, 3.05) is 11.9 Å². The van der Waals surface area contributed by atoms with Crippen molar-refractivity contribution in [2.24, 2.45) is 7.05 Å². The summed E-state index contributed by atoms with van der Waals surface area (Å²) in [5.74, 6) is 0.917. The predicted octanol–water partition coefficient (Wildman–Crippen LogP) is 2.14. The molecule has 100 valence electrons. The third kappa shape index (κ3) is 3.08. The lowest BCUT2D eigenvalue weighted by atomic mass is 10.3. The number of halogens is 1. The second-order valence-electron chi connectivity index (χ2n) is 3.90. The van der Waals surface area contributed by atoms with Crippen molar-refractivity contribution in [3.05, 3.63) is 45.2 Å². The number of pyridine rings is 1. The van der Waals surface area contributed by atoms with Gasteiger partial charge in [0.25, 0.3) is 0 Å². The van der Waals surface area contributed by atoms with E-state index in [9.17, 15) is 10.1 Å². The number of imidazole rings is 1. The maximum Gasteiger partial charge on any atom is 0.311 e. The molecule has 0 aliphatic rings. The van der Waals surface area contributed by atoms with Gasteiger partial charge in [-0.2, -0.15) is 0 Å². The zero-order valence-electron chi connectivity index (χ0n) is 10.2. The van der Waals surface area contributed by atoms with Crippen LogP contribution < -0.4 is 5.32 Å². The van der Waals surface area contributed by atoms with Crippen molar-refractivity contribution < 1.29 is 4.92 Å². The van der Waals surface area contributed by atoms with Gasteiger partial charge < -0.3 is 9.88 Å². The van der Waals surface area contributed by atoms with Gasteiger partial charge in [-0.25, -0.2) is 4.98 Å². The number of rotatable bonds is 5. The summed E-state index contributed by atoms with van der Waals surface area (Å²) >= 11 is 3.26. The quantitative estimate of drug-likeness (QED) is 0.672. The minimum atomic E-state index is -0.457. The molecule has 2 rings (SSSR count). The van der Waals surface area contributed by atoms with Crippen LogP contribution in [0, 0.1) is 10.1 Å². The first kappa shape index (κ1) is 13.5. The molecule has 0 radical (unpaired) electrons. The number of nitrogens with zero attached hydrogens (tertiary/aromatic N) is 4. The maximum absolute atomic E-state index is 10.9. The van der Waals surface area contributed by atoms with Crippen molar-refractivity contribution in [2.45, 2.75) is 6.42 Å². The molecule has 19 heavy (non-hydrogen) atoms. The third-order valence-electron chi connectivity index (χ3n) is 2.65. The molecule has 8 heteroatoms. The average molecular weight is 326 g/mol. The summed E-state index contributed by atoms with van der Waals surface area (Å²) in [7, 11) is 1.91. The van der Waals surface area contributed by atoms with Crippen LogP contribution in [0.25, 0.3) is 0 Å². The number of nitrogens with one attached hydrogen (secondary N) is 1. The number of hydrogen-bond donors (Lipinski definition) is 1. The fourth-order valence-electron chi connectivity index (χ4n) is 1.67. The van der Waals surface area contributed by atoms with Gasteiger partial charge in [-0.15, -0.1) is 0 Å². The Morgan fingerprint density at radius 1 is 1.53 bits per heavy atom. The van der Waals surface area contributed by atoms with Gasteiger partial charge in [-0.1, -0.05) is 0 Å². The molecule has 0 fully saturated rings. The molecule has 2 heterocycles. The first-order valence-electron chi connectivity index (χ1n) is 5.57. The Labute approximate surface area is 118 Å². The summed E-state index contributed by atoms with van der Waals surface area (Å²) in [5.41, 5.74) is 0.392. The molecule has 0 unspecified atom stereocenters. The minimum Gasteiger partial charge on any atom is -0.378 e. The highest BCUT2D eigenvalue weighted by Gasteiger charge is 2.16. The highest BCUT2D eigenvalue weighted by atomic mass is 79.9. The molecule has 0 aliphatic heterocycles. The fraction of sp³-hybridized carbons (Fsp3) is 0.273. The summed E-state index contributed by atoms with van der Waals surface area (Å²) in [6, 6.07) is 0. The Bertz CT molecular complexity index is 599. The maximum atomic E-state index is 10.9. The molecule has 0 saturated carbocycles. The van der Waals surface area contributed by atoms with E-state index in [1.165, 1.54) is 12.4 Å². The van der Waals surface area contributed by atoms with Crippen LogP contribution in [0.3, 0.4) is 0 Å². The molecule has 0 bridgehead atoms. The summed E-state index contributed by atoms with van der Waals surface area (Å²) in [5, 5.41) is 14.0. The highest BCUT2D eigenvalue weighted by molar-refractivity contribution is 9.10. The van der Waals surface area contributed by atoms with Gasteiger partial charge in [0.2, 0.25) is 0 Å². The second-order valence-corrected chi connectivity index (χ2v) is 4.76. The predicted molar refractivity (Wildman–Crippen MR) is 74.0 cm³/mol. The first-order chi connectivity index (χ1) is 9.09. The van der Waals surface area contributed by atoms with Crippen molar-refractivity contribution >= 4 is 27.3 Å². The molecule has 7 nitrogen and oxygen atoms in total. The van der Waals surface area contributed by atoms with E-state index in [4.69, 9.17) is 0 Å². The molecule has 0 saturated heterocycles. The number of aryl methyl sites for hydroxylation is 1. The monoisotopic (exact) mass is 325 g/mol. The average Bonchev–Trinajstić information content (AvgIpc) is 2.77. The van der Waals surface area contributed by atoms with Crippen molar-refractivity contribution in [1.29, 1.82) is 0 Å². The van der Waals surface area contributed by atoms with Crippen LogP contribution in [0.5, 0.6) is 0 Å². The highest BCUT2D eigenvalue weighted by Crippen LogP contribution is 2.30. The normalized spacial score (nSPS) is 10.4. The van der Waals surface area contributed by atoms with Crippen molar-refractivity contribution in [1.82, 2.24) is 14.5 Å². The zero-order valence-corrected chi connectivity index (χ0v) is 11.8. The van der Waals surface area contributed by atoms with E-state index in [2.05, 4.69) is 31.2 Å². The Morgan fingerprint density at radius 2 is 2.32 bits per heavy atom. The van der Waals surface area contributed by atoms with Gasteiger partial charge in [-0.3, -0.25) is 15.1 Å². The number of nitro groups is 1. The molecular formula is C11H12BrN5O2. The third-order valence-corrected chi connectivity index (χ3v) is 3.25. The van der Waals surface area contributed by atoms with E-state index in [0.717, 1.165) is 5.82 Å². The van der Waals surface area contributed by atoms with Crippen LogP contribution in [0.1, 0.15) is 5.82 Å². The Balaban J connectivity index is 2.07. The van der Waals surface area contributed by atoms with Crippen molar-refractivity contribution in [3.63, 3.8) is 0 Å². The van der Waals surface area contributed by atoms with Crippen LogP contribution in [0.4, 0.5) is 11.4 Å². The smallest absolute Gasteiger partial charge is 0.311 e. The van der Waals surface area contributed by atoms with Crippen LogP contribution in [0.15, 0.2) is 29.3 Å². The topological polar surface area (TPSA) is 85.9 Å². The fourth-order valence-corrected chi connectivity index (χ4v) is 2.14. The largest absolute Gasteiger partial charge is 0.378 e. The lowest BCUT2D eigenvalue weighted by Crippen LogP contribution is -2.10. The SMILES string of the molecule is Cn1ccnc1CCNc1c(Br)cncc1[N+](=O)[O-]. The van der Waals surface area contributed by atoms with Crippen LogP contribution >= 0.6 is 15.9 Å². The van der Waals surface area contributed by atoms with Crippen LogP contribution in [0.2, 0.25) is 0 Å². The Hall–Kier alpha value is -1.96. The minimum absolute atomic E-state index is 0.0470. The summed E-state index contributed by atoms with van der Waals surface area (Å²) in [6.45, 7) is 0.550. The van der Waals surface area contributed by atoms with Gasteiger partial charge in [0.15, 0.2) is 0 Å². The molecule has 0 spiro atoms. The molecule has 2 aromatic heterocycles. The molecule has 1 N–H and O–H groups in total. The second kappa shape index (κ2) is 5.79. The molecular weight excluding hydrogens is 314 g/mol. The van der Waals surface area contributed by atoms with Crippen LogP contribution in [-0.4, -0.2) is 26.0 Å². The number of anilines is 1. The van der Waals surface area contributed by atoms with E-state index in [-0.39, 0.29) is 5.69 Å². The van der Waals surface area contributed by atoms with E-state index < -0.39 is 4.92 Å². The molecule has 0 aliphatic carbocycles. The molecule has 2 aromatic rings. The van der Waals surface area contributed by atoms with Gasteiger partial charge in [-0.05, 0) is 15.9 Å². The summed E-state index contributed by atoms with van der Waals surface area (Å²) < 4.78 is 2.49. The first-order valence-corrected chi connectivity index (χ1v) is 6.37. The molecule has 0 amide bonds. The molecule has 0 atom stereocenters. The molecule has 0 aromatic carbocycles. The van der Waals surface area contributed by atoms with E-state index in [1.54, 1.807) is 6.20 Å². The van der Waals surface area contributed by atoms with Gasteiger partial charge in [0, 0.05) is 38.6 Å². The summed E-state index contributed by atoms with van der Waals surface area (Å²) in [4.78, 5) is 18.4. The van der Waals surface area contributed by atoms with E-state index in [1.807, 2.05) is 17.8 Å². The Kier molecular flexibility index (Phi) is 4.10. The van der Waals surface area contributed by atoms with E-state index >= 15 is 0 Å². The van der Waals surface area contributed by atoms with E-state index in [0.29, 0.717) is 23.1 Å². The lowest BCUT2D eigenvalue weighted by molar-refractivity contribution is -0.384. The number of aromatic nitrogens is 3. The van der Waals surface area contributed by atoms with Gasteiger partial charge in [0.05, 0.1) is 9.40 Å². The number of hydrogen-bond acceptors (Lipinski definition) is 5. The summed E-state index contributed by atoms with van der Waals surface area (Å²) in [6.07, 6.45) is 7.01. The zero-order chi connectivity index (χ0) is 13.8. The van der Waals surface area contributed by atoms with Gasteiger partial charge in [0.1, 0.15) is 17.7 Å². The Morgan fingerprint density at radius 3 is 2.95 bits per heavy atom. The van der Waals surface area contributed by atoms with Gasteiger partial charge >= 0.3 is 5.69 Å². The van der Waals surface area contributed by atoms with Crippen molar-refractivity contribution in [3.8, 4) is 0 Å². The lowest BCUT2D eigenvalue weighted by Gasteiger charge is -2.08. The standard InChI is InChI=1S/C11H12BrN5O2/c1-16-5-4-14-10(16)2-3-15-11-8(12)6-13-7-9(11)17(18)19/h4-7H,2-3H2,1H3,(H,13,15).